The number of rotatable bonds is 3. The highest BCUT2D eigenvalue weighted by molar-refractivity contribution is 5.91. The van der Waals surface area contributed by atoms with Crippen LogP contribution < -0.4 is 0 Å². The molecule has 2 heteroatoms. The largest absolute Gasteiger partial charge is 0.508 e. The second kappa shape index (κ2) is 4.72. The first-order valence-corrected chi connectivity index (χ1v) is 3.65. The molecule has 0 aliphatic heterocycles. The predicted octanol–water partition coefficient (Wildman–Crippen LogP) is 2.23. The summed E-state index contributed by atoms with van der Waals surface area (Å²) in [6.45, 7) is 5.37. The van der Waals surface area contributed by atoms with Gasteiger partial charge in [0, 0.05) is 12.0 Å². The normalized spacial score (nSPS) is 12.9. The Morgan fingerprint density at radius 3 is 2.36 bits per heavy atom. The van der Waals surface area contributed by atoms with E-state index in [-0.39, 0.29) is 17.5 Å². The standard InChI is InChI=1S/C9H14O2/c1-4-5-8(10)6-9(11)7(2)3/h4-7,10H,1-3H3/b5-4-,8-6+. The van der Waals surface area contributed by atoms with Crippen molar-refractivity contribution in [1.82, 2.24) is 0 Å². The fourth-order valence-corrected chi connectivity index (χ4v) is 0.531. The maximum atomic E-state index is 11.0. The maximum absolute atomic E-state index is 11.0. The summed E-state index contributed by atoms with van der Waals surface area (Å²) in [6.07, 6.45) is 4.41. The molecule has 62 valence electrons. The van der Waals surface area contributed by atoms with Crippen LogP contribution in [0, 0.1) is 5.92 Å². The Labute approximate surface area is 67.2 Å². The number of hydrogen-bond acceptors (Lipinski definition) is 2. The Bertz CT molecular complexity index is 188. The predicted molar refractivity (Wildman–Crippen MR) is 45.4 cm³/mol. The third-order valence-electron chi connectivity index (χ3n) is 1.20. The zero-order valence-electron chi connectivity index (χ0n) is 7.16. The van der Waals surface area contributed by atoms with Gasteiger partial charge in [-0.2, -0.15) is 0 Å². The number of hydrogen-bond donors (Lipinski definition) is 1. The molecule has 0 aliphatic carbocycles. The first-order valence-electron chi connectivity index (χ1n) is 3.65. The molecule has 1 N–H and O–H groups in total. The Kier molecular flexibility index (Phi) is 4.27. The molecule has 0 atom stereocenters. The number of carbonyl (C=O) groups excluding carboxylic acids is 1. The van der Waals surface area contributed by atoms with Crippen molar-refractivity contribution < 1.29 is 9.90 Å². The molecule has 0 aromatic rings. The highest BCUT2D eigenvalue weighted by Crippen LogP contribution is 1.99. The molecule has 0 aromatic heterocycles. The molecular formula is C9H14O2. The van der Waals surface area contributed by atoms with Gasteiger partial charge in [-0.05, 0) is 13.0 Å². The fourth-order valence-electron chi connectivity index (χ4n) is 0.531. The van der Waals surface area contributed by atoms with Crippen LogP contribution in [0.3, 0.4) is 0 Å². The molecule has 0 rings (SSSR count). The summed E-state index contributed by atoms with van der Waals surface area (Å²) in [7, 11) is 0. The molecule has 0 radical (unpaired) electrons. The van der Waals surface area contributed by atoms with Crippen LogP contribution in [0.15, 0.2) is 24.0 Å². The lowest BCUT2D eigenvalue weighted by atomic mass is 10.1. The van der Waals surface area contributed by atoms with Gasteiger partial charge < -0.3 is 5.11 Å². The molecule has 0 aromatic carbocycles. The third-order valence-corrected chi connectivity index (χ3v) is 1.20. The molecule has 0 aliphatic rings. The highest BCUT2D eigenvalue weighted by Gasteiger charge is 2.03. The lowest BCUT2D eigenvalue weighted by molar-refractivity contribution is -0.117. The van der Waals surface area contributed by atoms with Gasteiger partial charge in [0.05, 0.1) is 0 Å². The molecular weight excluding hydrogens is 140 g/mol. The number of aliphatic hydroxyl groups excluding tert-OH is 1. The lowest BCUT2D eigenvalue weighted by Gasteiger charge is -1.96. The van der Waals surface area contributed by atoms with Crippen molar-refractivity contribution in [3.05, 3.63) is 24.0 Å². The Morgan fingerprint density at radius 2 is 2.00 bits per heavy atom. The summed E-state index contributed by atoms with van der Waals surface area (Å²) in [5, 5.41) is 9.02. The van der Waals surface area contributed by atoms with Crippen LogP contribution in [-0.2, 0) is 4.79 Å². The molecule has 0 bridgehead atoms. The van der Waals surface area contributed by atoms with E-state index in [1.54, 1.807) is 26.8 Å². The summed E-state index contributed by atoms with van der Waals surface area (Å²) in [4.78, 5) is 11.0. The van der Waals surface area contributed by atoms with E-state index in [0.29, 0.717) is 0 Å². The Hall–Kier alpha value is -1.05. The smallest absolute Gasteiger partial charge is 0.161 e. The van der Waals surface area contributed by atoms with Crippen LogP contribution in [0.2, 0.25) is 0 Å². The molecule has 0 saturated heterocycles. The summed E-state index contributed by atoms with van der Waals surface area (Å²) < 4.78 is 0. The van der Waals surface area contributed by atoms with Crippen molar-refractivity contribution in [2.45, 2.75) is 20.8 Å². The van der Waals surface area contributed by atoms with Crippen LogP contribution >= 0.6 is 0 Å². The average molecular weight is 154 g/mol. The maximum Gasteiger partial charge on any atom is 0.161 e. The SMILES string of the molecule is C/C=C\C(O)=C/C(=O)C(C)C. The Balaban J connectivity index is 4.19. The van der Waals surface area contributed by atoms with Crippen molar-refractivity contribution in [3.63, 3.8) is 0 Å². The summed E-state index contributed by atoms with van der Waals surface area (Å²) in [5.41, 5.74) is 0. The number of carbonyl (C=O) groups is 1. The summed E-state index contributed by atoms with van der Waals surface area (Å²) >= 11 is 0. The van der Waals surface area contributed by atoms with Gasteiger partial charge in [-0.25, -0.2) is 0 Å². The van der Waals surface area contributed by atoms with Crippen molar-refractivity contribution in [2.75, 3.05) is 0 Å². The molecule has 0 fully saturated rings. The van der Waals surface area contributed by atoms with Gasteiger partial charge in [0.2, 0.25) is 0 Å². The van der Waals surface area contributed by atoms with Crippen LogP contribution in [0.1, 0.15) is 20.8 Å². The zero-order chi connectivity index (χ0) is 8.85. The summed E-state index contributed by atoms with van der Waals surface area (Å²) in [6, 6.07) is 0. The Morgan fingerprint density at radius 1 is 1.45 bits per heavy atom. The highest BCUT2D eigenvalue weighted by atomic mass is 16.3. The van der Waals surface area contributed by atoms with Crippen molar-refractivity contribution >= 4 is 5.78 Å². The minimum absolute atomic E-state index is 0.0196. The molecule has 0 amide bonds. The van der Waals surface area contributed by atoms with Crippen molar-refractivity contribution in [3.8, 4) is 0 Å². The minimum atomic E-state index is -0.0550. The van der Waals surface area contributed by atoms with Crippen LogP contribution in [-0.4, -0.2) is 10.9 Å². The third kappa shape index (κ3) is 4.37. The molecule has 0 unspecified atom stereocenters. The van der Waals surface area contributed by atoms with Crippen LogP contribution in [0.4, 0.5) is 0 Å². The molecule has 0 heterocycles. The van der Waals surface area contributed by atoms with Gasteiger partial charge >= 0.3 is 0 Å². The molecule has 2 nitrogen and oxygen atoms in total. The molecule has 11 heavy (non-hydrogen) atoms. The first kappa shape index (κ1) is 9.95. The van der Waals surface area contributed by atoms with Gasteiger partial charge in [-0.3, -0.25) is 4.79 Å². The van der Waals surface area contributed by atoms with Gasteiger partial charge in [-0.15, -0.1) is 0 Å². The van der Waals surface area contributed by atoms with E-state index in [2.05, 4.69) is 0 Å². The lowest BCUT2D eigenvalue weighted by Crippen LogP contribution is -2.03. The second-order valence-corrected chi connectivity index (χ2v) is 2.63. The number of allylic oxidation sites excluding steroid dienone is 3. The zero-order valence-corrected chi connectivity index (χ0v) is 7.16. The average Bonchev–Trinajstić information content (AvgIpc) is 1.87. The summed E-state index contributed by atoms with van der Waals surface area (Å²) in [5.74, 6) is -0.0887. The van der Waals surface area contributed by atoms with E-state index in [4.69, 9.17) is 5.11 Å². The fraction of sp³-hybridized carbons (Fsp3) is 0.444. The molecule has 0 saturated carbocycles. The van der Waals surface area contributed by atoms with Gasteiger partial charge in [0.15, 0.2) is 5.78 Å². The van der Waals surface area contributed by atoms with E-state index in [0.717, 1.165) is 0 Å². The van der Waals surface area contributed by atoms with Gasteiger partial charge in [-0.1, -0.05) is 19.9 Å². The monoisotopic (exact) mass is 154 g/mol. The molecule has 0 spiro atoms. The van der Waals surface area contributed by atoms with Crippen molar-refractivity contribution in [2.24, 2.45) is 5.92 Å². The first-order chi connectivity index (χ1) is 5.07. The van der Waals surface area contributed by atoms with Gasteiger partial charge in [0.25, 0.3) is 0 Å². The number of aliphatic hydroxyl groups is 1. The van der Waals surface area contributed by atoms with E-state index in [1.165, 1.54) is 12.2 Å². The van der Waals surface area contributed by atoms with Gasteiger partial charge in [0.1, 0.15) is 5.76 Å². The van der Waals surface area contributed by atoms with Crippen molar-refractivity contribution in [1.29, 1.82) is 0 Å². The van der Waals surface area contributed by atoms with E-state index >= 15 is 0 Å². The van der Waals surface area contributed by atoms with E-state index < -0.39 is 0 Å². The number of ketones is 1. The van der Waals surface area contributed by atoms with Crippen LogP contribution in [0.5, 0.6) is 0 Å². The van der Waals surface area contributed by atoms with E-state index in [1.807, 2.05) is 0 Å². The van der Waals surface area contributed by atoms with Crippen LogP contribution in [0.25, 0.3) is 0 Å². The van der Waals surface area contributed by atoms with E-state index in [9.17, 15) is 4.79 Å². The quantitative estimate of drug-likeness (QED) is 0.384. The minimum Gasteiger partial charge on any atom is -0.508 e. The topological polar surface area (TPSA) is 37.3 Å². The second-order valence-electron chi connectivity index (χ2n) is 2.63.